The van der Waals surface area contributed by atoms with E-state index < -0.39 is 29.8 Å². The molecule has 0 aliphatic rings. The van der Waals surface area contributed by atoms with Crippen LogP contribution < -0.4 is 5.73 Å². The fourth-order valence-corrected chi connectivity index (χ4v) is 2.17. The van der Waals surface area contributed by atoms with Crippen LogP contribution in [-0.2, 0) is 4.74 Å². The Morgan fingerprint density at radius 2 is 2.27 bits per heavy atom. The number of aromatic nitrogens is 3. The van der Waals surface area contributed by atoms with Crippen LogP contribution in [0.1, 0.15) is 20.0 Å². The Labute approximate surface area is 129 Å². The first-order valence-corrected chi connectivity index (χ1v) is 6.26. The first-order chi connectivity index (χ1) is 11.7. The molecule has 1 aromatic carbocycles. The largest absolute Gasteiger partial charge is 0.465 e. The normalized spacial score (nSPS) is 13.5. The lowest BCUT2D eigenvalue weighted by Gasteiger charge is -2.10. The topological polar surface area (TPSA) is 82.5 Å². The van der Waals surface area contributed by atoms with E-state index in [1.165, 1.54) is 28.9 Å². The number of nitrogen functional groups attached to an aromatic ring is 1. The van der Waals surface area contributed by atoms with Gasteiger partial charge in [-0.15, -0.1) is 5.10 Å². The highest BCUT2D eigenvalue weighted by Gasteiger charge is 2.19. The van der Waals surface area contributed by atoms with Crippen molar-refractivity contribution in [3.8, 4) is 11.1 Å². The molecule has 0 saturated carbocycles. The van der Waals surface area contributed by atoms with Gasteiger partial charge < -0.3 is 10.5 Å². The second kappa shape index (κ2) is 5.10. The molecule has 0 bridgehead atoms. The van der Waals surface area contributed by atoms with Gasteiger partial charge in [-0.2, -0.15) is 4.98 Å². The van der Waals surface area contributed by atoms with E-state index in [-0.39, 0.29) is 11.5 Å². The average molecular weight is 303 g/mol. The number of benzene rings is 1. The lowest BCUT2D eigenvalue weighted by atomic mass is 9.99. The number of nitrogens with zero attached hydrogens (tertiary/aromatic N) is 3. The van der Waals surface area contributed by atoms with Crippen molar-refractivity contribution in [3.63, 3.8) is 0 Å². The number of rotatable bonds is 2. The monoisotopic (exact) mass is 303 g/mol. The second-order valence-corrected chi connectivity index (χ2v) is 4.53. The van der Waals surface area contributed by atoms with Crippen molar-refractivity contribution in [1.82, 2.24) is 14.6 Å². The molecule has 0 unspecified atom stereocenters. The average Bonchev–Trinajstić information content (AvgIpc) is 2.92. The maximum absolute atomic E-state index is 15.0. The molecule has 0 aliphatic carbocycles. The van der Waals surface area contributed by atoms with Crippen LogP contribution in [0.4, 0.5) is 10.3 Å². The number of hydrogen-bond acceptors (Lipinski definition) is 5. The minimum atomic E-state index is -2.66. The van der Waals surface area contributed by atoms with Gasteiger partial charge in [0.05, 0.1) is 12.7 Å². The molecular formula is C15H13FN4O2. The quantitative estimate of drug-likeness (QED) is 0.734. The van der Waals surface area contributed by atoms with Gasteiger partial charge in [0.1, 0.15) is 5.82 Å². The minimum Gasteiger partial charge on any atom is -0.465 e. The van der Waals surface area contributed by atoms with E-state index in [9.17, 15) is 9.18 Å². The maximum atomic E-state index is 15.0. The number of ether oxygens (including phenoxy) is 1. The number of nitrogens with two attached hydrogens (primary N) is 1. The summed E-state index contributed by atoms with van der Waals surface area (Å²) in [5.41, 5.74) is 5.31. The highest BCUT2D eigenvalue weighted by molar-refractivity contribution is 5.93. The number of hydrogen-bond donors (Lipinski definition) is 1. The standard InChI is InChI=1S/C15H13FN4O2/c1-8-3-4-10(13(16)12(8)14(21)22-2)9-5-6-20-11(7-9)18-15(17)19-20/h3-7H,1-2H3,(H2,17,19)/i1D3. The Bertz CT molecular complexity index is 985. The van der Waals surface area contributed by atoms with E-state index >= 15 is 0 Å². The van der Waals surface area contributed by atoms with Gasteiger partial charge in [0.15, 0.2) is 5.65 Å². The number of anilines is 1. The number of pyridine rings is 1. The van der Waals surface area contributed by atoms with Gasteiger partial charge in [0.25, 0.3) is 0 Å². The Kier molecular flexibility index (Phi) is 2.49. The predicted octanol–water partition coefficient (Wildman–Crippen LogP) is 2.21. The number of fused-ring (bicyclic) bond motifs is 1. The van der Waals surface area contributed by atoms with Crippen LogP contribution in [-0.4, -0.2) is 27.7 Å². The van der Waals surface area contributed by atoms with Crippen molar-refractivity contribution in [2.45, 2.75) is 6.85 Å². The van der Waals surface area contributed by atoms with Crippen LogP contribution in [0.2, 0.25) is 0 Å². The molecule has 3 rings (SSSR count). The van der Waals surface area contributed by atoms with E-state index in [1.807, 2.05) is 0 Å². The van der Waals surface area contributed by atoms with Crippen LogP contribution in [0.15, 0.2) is 30.5 Å². The summed E-state index contributed by atoms with van der Waals surface area (Å²) in [4.78, 5) is 15.9. The molecule has 112 valence electrons. The van der Waals surface area contributed by atoms with Gasteiger partial charge in [-0.3, -0.25) is 0 Å². The number of aryl methyl sites for hydroxylation is 1. The zero-order chi connectivity index (χ0) is 18.4. The van der Waals surface area contributed by atoms with E-state index in [1.54, 1.807) is 6.07 Å². The first-order valence-electron chi connectivity index (χ1n) is 7.76. The molecular weight excluding hydrogens is 287 g/mol. The molecule has 0 aliphatic heterocycles. The molecule has 3 aromatic rings. The highest BCUT2D eigenvalue weighted by Crippen LogP contribution is 2.28. The third kappa shape index (κ3) is 2.16. The van der Waals surface area contributed by atoms with Gasteiger partial charge in [-0.05, 0) is 30.1 Å². The predicted molar refractivity (Wildman–Crippen MR) is 78.9 cm³/mol. The zero-order valence-corrected chi connectivity index (χ0v) is 11.5. The van der Waals surface area contributed by atoms with Crippen molar-refractivity contribution in [1.29, 1.82) is 0 Å². The molecule has 0 amide bonds. The minimum absolute atomic E-state index is 0.0393. The van der Waals surface area contributed by atoms with Crippen molar-refractivity contribution in [2.75, 3.05) is 12.8 Å². The molecule has 22 heavy (non-hydrogen) atoms. The SMILES string of the molecule is [2H]C([2H])([2H])c1ccc(-c2ccn3nc(N)nc3c2)c(F)c1C(=O)OC. The van der Waals surface area contributed by atoms with Gasteiger partial charge >= 0.3 is 5.97 Å². The molecule has 0 radical (unpaired) electrons. The number of esters is 1. The lowest BCUT2D eigenvalue weighted by Crippen LogP contribution is -2.08. The van der Waals surface area contributed by atoms with Gasteiger partial charge in [-0.25, -0.2) is 13.7 Å². The molecule has 0 spiro atoms. The van der Waals surface area contributed by atoms with Gasteiger partial charge in [0.2, 0.25) is 5.95 Å². The third-order valence-electron chi connectivity index (χ3n) is 3.20. The van der Waals surface area contributed by atoms with E-state index in [0.29, 0.717) is 11.2 Å². The summed E-state index contributed by atoms with van der Waals surface area (Å²) in [5.74, 6) is -1.97. The first kappa shape index (κ1) is 10.7. The number of carbonyl (C=O) groups is 1. The Balaban J connectivity index is 2.23. The summed E-state index contributed by atoms with van der Waals surface area (Å²) in [7, 11) is 1.06. The van der Waals surface area contributed by atoms with Crippen LogP contribution in [0.5, 0.6) is 0 Å². The molecule has 7 heteroatoms. The van der Waals surface area contributed by atoms with Gasteiger partial charge in [-0.1, -0.05) is 12.1 Å². The molecule has 2 aromatic heterocycles. The lowest BCUT2D eigenvalue weighted by molar-refractivity contribution is 0.0594. The highest BCUT2D eigenvalue weighted by atomic mass is 19.1. The van der Waals surface area contributed by atoms with Crippen molar-refractivity contribution in [2.24, 2.45) is 0 Å². The molecule has 0 saturated heterocycles. The Hall–Kier alpha value is -2.96. The fourth-order valence-electron chi connectivity index (χ4n) is 2.17. The van der Waals surface area contributed by atoms with E-state index in [4.69, 9.17) is 9.85 Å². The van der Waals surface area contributed by atoms with E-state index in [2.05, 4.69) is 14.8 Å². The summed E-state index contributed by atoms with van der Waals surface area (Å²) in [6.07, 6.45) is 1.53. The molecule has 0 atom stereocenters. The van der Waals surface area contributed by atoms with Crippen LogP contribution in [0, 0.1) is 12.7 Å². The van der Waals surface area contributed by atoms with Crippen molar-refractivity contribution < 1.29 is 18.0 Å². The van der Waals surface area contributed by atoms with Crippen LogP contribution in [0.3, 0.4) is 0 Å². The number of carbonyl (C=O) groups excluding carboxylic acids is 1. The number of methoxy groups -OCH3 is 1. The Morgan fingerprint density at radius 3 is 3.00 bits per heavy atom. The summed E-state index contributed by atoms with van der Waals surface area (Å²) in [6, 6.07) is 5.57. The second-order valence-electron chi connectivity index (χ2n) is 4.53. The van der Waals surface area contributed by atoms with Crippen LogP contribution >= 0.6 is 0 Å². The van der Waals surface area contributed by atoms with E-state index in [0.717, 1.165) is 7.11 Å². The number of halogens is 1. The molecule has 6 nitrogen and oxygen atoms in total. The summed E-state index contributed by atoms with van der Waals surface area (Å²) in [5, 5.41) is 3.92. The van der Waals surface area contributed by atoms with Crippen molar-refractivity contribution in [3.05, 3.63) is 47.4 Å². The van der Waals surface area contributed by atoms with Crippen LogP contribution in [0.25, 0.3) is 16.8 Å². The zero-order valence-electron chi connectivity index (χ0n) is 14.5. The summed E-state index contributed by atoms with van der Waals surface area (Å²) >= 11 is 0. The van der Waals surface area contributed by atoms with Crippen molar-refractivity contribution >= 4 is 17.6 Å². The molecule has 2 N–H and O–H groups in total. The molecule has 2 heterocycles. The Morgan fingerprint density at radius 1 is 1.45 bits per heavy atom. The summed E-state index contributed by atoms with van der Waals surface area (Å²) in [6.45, 7) is -2.66. The maximum Gasteiger partial charge on any atom is 0.341 e. The van der Waals surface area contributed by atoms with Gasteiger partial charge in [0, 0.05) is 15.9 Å². The summed E-state index contributed by atoms with van der Waals surface area (Å²) < 4.78 is 43.4. The third-order valence-corrected chi connectivity index (χ3v) is 3.20. The molecule has 0 fully saturated rings. The fraction of sp³-hybridized carbons (Fsp3) is 0.133. The smallest absolute Gasteiger partial charge is 0.341 e.